The summed E-state index contributed by atoms with van der Waals surface area (Å²) in [7, 11) is 0. The molecule has 2 nitrogen and oxygen atoms in total. The predicted octanol–water partition coefficient (Wildman–Crippen LogP) is 3.05. The number of halogens is 1. The zero-order chi connectivity index (χ0) is 11.7. The second kappa shape index (κ2) is 8.37. The molecule has 0 heterocycles. The fourth-order valence-electron chi connectivity index (χ4n) is 1.44. The first-order chi connectivity index (χ1) is 7.10. The molecule has 0 aliphatic carbocycles. The van der Waals surface area contributed by atoms with E-state index in [9.17, 15) is 0 Å². The molecule has 0 saturated carbocycles. The SMILES string of the molecule is CCC(CC)(CCl)NCCOCC(C)C. The highest BCUT2D eigenvalue weighted by atomic mass is 35.5. The lowest BCUT2D eigenvalue weighted by Crippen LogP contribution is -2.47. The maximum Gasteiger partial charge on any atom is 0.0591 e. The van der Waals surface area contributed by atoms with E-state index in [1.165, 1.54) is 0 Å². The highest BCUT2D eigenvalue weighted by molar-refractivity contribution is 6.18. The van der Waals surface area contributed by atoms with Crippen LogP contribution < -0.4 is 5.32 Å². The molecular weight excluding hydrogens is 210 g/mol. The van der Waals surface area contributed by atoms with E-state index in [2.05, 4.69) is 33.0 Å². The van der Waals surface area contributed by atoms with E-state index in [0.717, 1.165) is 32.6 Å². The van der Waals surface area contributed by atoms with Gasteiger partial charge in [-0.25, -0.2) is 0 Å². The number of ether oxygens (including phenoxy) is 1. The van der Waals surface area contributed by atoms with Crippen LogP contribution in [0.4, 0.5) is 0 Å². The van der Waals surface area contributed by atoms with Crippen LogP contribution in [0.15, 0.2) is 0 Å². The molecule has 0 aromatic heterocycles. The molecule has 0 aromatic rings. The van der Waals surface area contributed by atoms with E-state index in [-0.39, 0.29) is 5.54 Å². The number of hydrogen-bond acceptors (Lipinski definition) is 2. The second-order valence-corrected chi connectivity index (χ2v) is 4.78. The molecular formula is C12H26ClNO. The van der Waals surface area contributed by atoms with Crippen molar-refractivity contribution >= 4 is 11.6 Å². The Kier molecular flexibility index (Phi) is 8.49. The summed E-state index contributed by atoms with van der Waals surface area (Å²) in [6, 6.07) is 0. The number of rotatable bonds is 9. The quantitative estimate of drug-likeness (QED) is 0.490. The number of alkyl halides is 1. The summed E-state index contributed by atoms with van der Waals surface area (Å²) in [5.74, 6) is 1.28. The van der Waals surface area contributed by atoms with E-state index >= 15 is 0 Å². The molecule has 0 spiro atoms. The van der Waals surface area contributed by atoms with Crippen LogP contribution in [0.1, 0.15) is 40.5 Å². The summed E-state index contributed by atoms with van der Waals surface area (Å²) in [4.78, 5) is 0. The van der Waals surface area contributed by atoms with Gasteiger partial charge in [0.15, 0.2) is 0 Å². The Morgan fingerprint density at radius 1 is 1.27 bits per heavy atom. The normalized spacial score (nSPS) is 12.4. The molecule has 0 aliphatic rings. The molecule has 15 heavy (non-hydrogen) atoms. The van der Waals surface area contributed by atoms with Gasteiger partial charge >= 0.3 is 0 Å². The van der Waals surface area contributed by atoms with Crippen LogP contribution in [0.3, 0.4) is 0 Å². The summed E-state index contributed by atoms with van der Waals surface area (Å²) in [5, 5.41) is 3.50. The van der Waals surface area contributed by atoms with Crippen molar-refractivity contribution in [2.45, 2.75) is 46.1 Å². The predicted molar refractivity (Wildman–Crippen MR) is 67.7 cm³/mol. The molecule has 0 bridgehead atoms. The largest absolute Gasteiger partial charge is 0.380 e. The molecule has 0 rings (SSSR count). The first-order valence-electron chi connectivity index (χ1n) is 5.99. The topological polar surface area (TPSA) is 21.3 Å². The Balaban J connectivity index is 3.63. The van der Waals surface area contributed by atoms with Crippen LogP contribution in [0.2, 0.25) is 0 Å². The van der Waals surface area contributed by atoms with Crippen molar-refractivity contribution in [1.82, 2.24) is 5.32 Å². The van der Waals surface area contributed by atoms with E-state index in [1.54, 1.807) is 0 Å². The first kappa shape index (κ1) is 15.2. The van der Waals surface area contributed by atoms with Crippen LogP contribution in [0.5, 0.6) is 0 Å². The Bertz CT molecular complexity index is 138. The van der Waals surface area contributed by atoms with Crippen molar-refractivity contribution in [1.29, 1.82) is 0 Å². The maximum atomic E-state index is 5.98. The lowest BCUT2D eigenvalue weighted by molar-refractivity contribution is 0.106. The lowest BCUT2D eigenvalue weighted by Gasteiger charge is -2.30. The third-order valence-electron chi connectivity index (χ3n) is 2.81. The number of nitrogens with one attached hydrogen (secondary N) is 1. The smallest absolute Gasteiger partial charge is 0.0591 e. The average molecular weight is 236 g/mol. The van der Waals surface area contributed by atoms with Gasteiger partial charge in [0, 0.05) is 24.6 Å². The van der Waals surface area contributed by atoms with Gasteiger partial charge in [0.1, 0.15) is 0 Å². The molecule has 0 amide bonds. The fourth-order valence-corrected chi connectivity index (χ4v) is 1.92. The summed E-state index contributed by atoms with van der Waals surface area (Å²) in [6.45, 7) is 11.2. The molecule has 0 radical (unpaired) electrons. The van der Waals surface area contributed by atoms with E-state index in [0.29, 0.717) is 11.8 Å². The van der Waals surface area contributed by atoms with E-state index in [1.807, 2.05) is 0 Å². The van der Waals surface area contributed by atoms with Gasteiger partial charge < -0.3 is 10.1 Å². The van der Waals surface area contributed by atoms with Gasteiger partial charge in [-0.15, -0.1) is 11.6 Å². The van der Waals surface area contributed by atoms with Crippen molar-refractivity contribution in [2.24, 2.45) is 5.92 Å². The first-order valence-corrected chi connectivity index (χ1v) is 6.52. The molecule has 0 aliphatic heterocycles. The van der Waals surface area contributed by atoms with E-state index < -0.39 is 0 Å². The standard InChI is InChI=1S/C12H26ClNO/c1-5-12(6-2,10-13)14-7-8-15-9-11(3)4/h11,14H,5-10H2,1-4H3. The zero-order valence-electron chi connectivity index (χ0n) is 10.6. The van der Waals surface area contributed by atoms with Gasteiger partial charge in [0.25, 0.3) is 0 Å². The van der Waals surface area contributed by atoms with Crippen LogP contribution in [-0.2, 0) is 4.74 Å². The molecule has 0 aromatic carbocycles. The van der Waals surface area contributed by atoms with Gasteiger partial charge in [-0.05, 0) is 18.8 Å². The summed E-state index contributed by atoms with van der Waals surface area (Å²) >= 11 is 5.98. The van der Waals surface area contributed by atoms with Crippen molar-refractivity contribution in [3.63, 3.8) is 0 Å². The third-order valence-corrected chi connectivity index (χ3v) is 3.32. The van der Waals surface area contributed by atoms with Crippen LogP contribution in [0, 0.1) is 5.92 Å². The van der Waals surface area contributed by atoms with Crippen molar-refractivity contribution in [2.75, 3.05) is 25.6 Å². The molecule has 92 valence electrons. The zero-order valence-corrected chi connectivity index (χ0v) is 11.4. The number of hydrogen-bond donors (Lipinski definition) is 1. The second-order valence-electron chi connectivity index (χ2n) is 4.52. The van der Waals surface area contributed by atoms with Gasteiger partial charge in [-0.3, -0.25) is 0 Å². The van der Waals surface area contributed by atoms with Gasteiger partial charge in [0.05, 0.1) is 6.61 Å². The Morgan fingerprint density at radius 3 is 2.27 bits per heavy atom. The van der Waals surface area contributed by atoms with Crippen LogP contribution in [-0.4, -0.2) is 31.2 Å². The molecule has 0 atom stereocenters. The summed E-state index contributed by atoms with van der Waals surface area (Å²) < 4.78 is 5.52. The van der Waals surface area contributed by atoms with Crippen LogP contribution >= 0.6 is 11.6 Å². The average Bonchev–Trinajstić information content (AvgIpc) is 2.24. The summed E-state index contributed by atoms with van der Waals surface area (Å²) in [5.41, 5.74) is 0.0999. The minimum Gasteiger partial charge on any atom is -0.380 e. The minimum absolute atomic E-state index is 0.0999. The van der Waals surface area contributed by atoms with Gasteiger partial charge in [-0.1, -0.05) is 27.7 Å². The Labute approximate surface area is 99.7 Å². The van der Waals surface area contributed by atoms with E-state index in [4.69, 9.17) is 16.3 Å². The monoisotopic (exact) mass is 235 g/mol. The Hall–Kier alpha value is 0.210. The molecule has 0 saturated heterocycles. The highest BCUT2D eigenvalue weighted by Crippen LogP contribution is 2.16. The summed E-state index contributed by atoms with van der Waals surface area (Å²) in [6.07, 6.45) is 2.13. The lowest BCUT2D eigenvalue weighted by atomic mass is 9.95. The third kappa shape index (κ3) is 6.39. The highest BCUT2D eigenvalue weighted by Gasteiger charge is 2.23. The molecule has 1 N–H and O–H groups in total. The van der Waals surface area contributed by atoms with Gasteiger partial charge in [0.2, 0.25) is 0 Å². The maximum absolute atomic E-state index is 5.98. The Morgan fingerprint density at radius 2 is 1.87 bits per heavy atom. The molecule has 3 heteroatoms. The molecule has 0 fully saturated rings. The van der Waals surface area contributed by atoms with Gasteiger partial charge in [-0.2, -0.15) is 0 Å². The minimum atomic E-state index is 0.0999. The van der Waals surface area contributed by atoms with Crippen molar-refractivity contribution in [3.05, 3.63) is 0 Å². The fraction of sp³-hybridized carbons (Fsp3) is 1.00. The van der Waals surface area contributed by atoms with Crippen molar-refractivity contribution < 1.29 is 4.74 Å². The van der Waals surface area contributed by atoms with Crippen molar-refractivity contribution in [3.8, 4) is 0 Å². The molecule has 0 unspecified atom stereocenters. The van der Waals surface area contributed by atoms with Crippen LogP contribution in [0.25, 0.3) is 0 Å².